The lowest BCUT2D eigenvalue weighted by Gasteiger charge is -2.35. The largest absolute Gasteiger partial charge is 0.464 e. The Morgan fingerprint density at radius 3 is 2.69 bits per heavy atom. The van der Waals surface area contributed by atoms with E-state index < -0.39 is 23.5 Å². The number of hydrazine groups is 1. The summed E-state index contributed by atoms with van der Waals surface area (Å²) in [5.41, 5.74) is 9.58. The van der Waals surface area contributed by atoms with Crippen LogP contribution in [0.3, 0.4) is 0 Å². The highest BCUT2D eigenvalue weighted by Gasteiger charge is 2.49. The molecule has 54 heavy (non-hydrogen) atoms. The lowest BCUT2D eigenvalue weighted by Crippen LogP contribution is -2.60. The van der Waals surface area contributed by atoms with Crippen molar-refractivity contribution >= 4 is 40.0 Å². The van der Waals surface area contributed by atoms with Gasteiger partial charge in [0, 0.05) is 65.0 Å². The lowest BCUT2D eigenvalue weighted by molar-refractivity contribution is -0.155. The molecule has 4 aromatic rings. The fourth-order valence-corrected chi connectivity index (χ4v) is 9.19. The molecular weight excluding hydrogens is 705 g/mol. The number of thiazole rings is 1. The van der Waals surface area contributed by atoms with E-state index in [2.05, 4.69) is 67.3 Å². The highest BCUT2D eigenvalue weighted by molar-refractivity contribution is 7.10. The van der Waals surface area contributed by atoms with Crippen LogP contribution in [0.15, 0.2) is 41.9 Å². The summed E-state index contributed by atoms with van der Waals surface area (Å²) in [7, 11) is 1.70. The fourth-order valence-electron chi connectivity index (χ4n) is 8.34. The second-order valence-corrected chi connectivity index (χ2v) is 17.3. The smallest absolute Gasteiger partial charge is 0.324 e. The van der Waals surface area contributed by atoms with E-state index in [0.717, 1.165) is 49.7 Å². The summed E-state index contributed by atoms with van der Waals surface area (Å²) in [6.45, 7) is 12.2. The molecule has 3 fully saturated rings. The molecule has 4 aliphatic rings. The topological polar surface area (TPSA) is 137 Å². The summed E-state index contributed by atoms with van der Waals surface area (Å²) in [5.74, 6) is -0.382. The monoisotopic (exact) mass is 754 g/mol. The van der Waals surface area contributed by atoms with E-state index in [9.17, 15) is 14.4 Å². The van der Waals surface area contributed by atoms with Crippen molar-refractivity contribution in [1.82, 2.24) is 30.3 Å². The van der Waals surface area contributed by atoms with E-state index in [1.165, 1.54) is 16.3 Å². The van der Waals surface area contributed by atoms with Gasteiger partial charge in [0.15, 0.2) is 0 Å². The number of nitrogens with zero attached hydrogens (tertiary/aromatic N) is 4. The van der Waals surface area contributed by atoms with Gasteiger partial charge in [-0.2, -0.15) is 0 Å². The molecule has 3 aromatic heterocycles. The Bertz CT molecular complexity index is 2080. The zero-order chi connectivity index (χ0) is 37.9. The molecule has 1 aliphatic carbocycles. The Hall–Kier alpha value is -4.17. The highest BCUT2D eigenvalue weighted by atomic mass is 32.1. The van der Waals surface area contributed by atoms with Crippen LogP contribution in [0.4, 0.5) is 0 Å². The van der Waals surface area contributed by atoms with Crippen molar-refractivity contribution in [2.24, 2.45) is 23.2 Å². The number of hydrogen-bond donors (Lipinski definition) is 2. The average molecular weight is 755 g/mol. The molecule has 12 nitrogen and oxygen atoms in total. The highest BCUT2D eigenvalue weighted by Crippen LogP contribution is 2.46. The van der Waals surface area contributed by atoms with Crippen LogP contribution < -0.4 is 10.7 Å². The van der Waals surface area contributed by atoms with Crippen molar-refractivity contribution in [3.8, 4) is 22.5 Å². The van der Waals surface area contributed by atoms with Crippen molar-refractivity contribution in [3.05, 3.63) is 58.2 Å². The maximum atomic E-state index is 14.1. The molecule has 3 aliphatic heterocycles. The minimum Gasteiger partial charge on any atom is -0.464 e. The number of rotatable bonds is 6. The normalized spacial score (nSPS) is 26.5. The van der Waals surface area contributed by atoms with E-state index in [4.69, 9.17) is 24.2 Å². The number of esters is 1. The maximum Gasteiger partial charge on any atom is 0.324 e. The van der Waals surface area contributed by atoms with Crippen LogP contribution in [-0.4, -0.2) is 82.9 Å². The van der Waals surface area contributed by atoms with Crippen molar-refractivity contribution in [1.29, 1.82) is 0 Å². The number of amides is 2. The number of benzene rings is 1. The molecule has 6 atom stereocenters. The first-order valence-corrected chi connectivity index (χ1v) is 20.0. The Morgan fingerprint density at radius 1 is 1.17 bits per heavy atom. The SMILES string of the molecule is CO[C@@H](C)c1ncccc1-c1c2c3cc(ccc3n1C1COC1)-c1csc(n1)C[C@H](NC(=O)C1[C@@H](C)[C@H]1C)C(=O)N1CCC[C@H](N1)C(=O)OCC(C)(C)C2. The van der Waals surface area contributed by atoms with Crippen LogP contribution in [0.25, 0.3) is 33.4 Å². The van der Waals surface area contributed by atoms with Gasteiger partial charge in [-0.3, -0.25) is 24.4 Å². The third-order valence-corrected chi connectivity index (χ3v) is 12.8. The molecule has 286 valence electrons. The summed E-state index contributed by atoms with van der Waals surface area (Å²) in [4.78, 5) is 51.1. The minimum absolute atomic E-state index is 0.116. The van der Waals surface area contributed by atoms with E-state index in [1.54, 1.807) is 13.3 Å². The van der Waals surface area contributed by atoms with Gasteiger partial charge in [0.25, 0.3) is 5.91 Å². The molecule has 2 N–H and O–H groups in total. The molecule has 13 heteroatoms. The minimum atomic E-state index is -0.838. The number of pyridine rings is 1. The number of hydrogen-bond acceptors (Lipinski definition) is 10. The summed E-state index contributed by atoms with van der Waals surface area (Å²) >= 11 is 1.48. The number of aromatic nitrogens is 3. The standard InChI is InChI=1S/C41H50N6O6S/c1-22-23(2)35(22)38(48)44-31-16-34-43-32(20-54-34)25-11-12-33-28(15-25)29(17-41(4,5)21-53-40(50)30-10-8-14-46(45-30)39(31)49)37(47(33)26-18-52-19-26)27-9-7-13-42-36(27)24(3)51-6/h7,9,11-13,15,20,22-24,26,30-31,35,45H,8,10,14,16-19,21H2,1-6H3,(H,44,48)/t22-,23+,24-,30-,31-,35?/m0/s1. The van der Waals surface area contributed by atoms with Gasteiger partial charge in [0.05, 0.1) is 54.1 Å². The number of fused-ring (bicyclic) bond motifs is 6. The van der Waals surface area contributed by atoms with Crippen molar-refractivity contribution < 1.29 is 28.6 Å². The van der Waals surface area contributed by atoms with Crippen LogP contribution in [-0.2, 0) is 41.4 Å². The molecule has 2 saturated heterocycles. The van der Waals surface area contributed by atoms with Crippen LogP contribution in [0.2, 0.25) is 0 Å². The van der Waals surface area contributed by atoms with E-state index in [1.807, 2.05) is 18.4 Å². The molecule has 1 unspecified atom stereocenters. The number of nitrogens with one attached hydrogen (secondary N) is 2. The maximum absolute atomic E-state index is 14.1. The summed E-state index contributed by atoms with van der Waals surface area (Å²) in [5, 5.41) is 8.43. The molecular formula is C41H50N6O6S. The summed E-state index contributed by atoms with van der Waals surface area (Å²) < 4.78 is 20.1. The second-order valence-electron chi connectivity index (χ2n) is 16.3. The van der Waals surface area contributed by atoms with Gasteiger partial charge in [0.2, 0.25) is 5.91 Å². The number of ether oxygens (including phenoxy) is 3. The van der Waals surface area contributed by atoms with Crippen molar-refractivity contribution in [2.75, 3.05) is 33.5 Å². The number of methoxy groups -OCH3 is 1. The molecule has 1 saturated carbocycles. The molecule has 0 spiro atoms. The predicted molar refractivity (Wildman–Crippen MR) is 205 cm³/mol. The number of cyclic esters (lactones) is 1. The van der Waals surface area contributed by atoms with Crippen molar-refractivity contribution in [3.63, 3.8) is 0 Å². The van der Waals surface area contributed by atoms with E-state index >= 15 is 0 Å². The van der Waals surface area contributed by atoms with Gasteiger partial charge in [-0.25, -0.2) is 10.4 Å². The third kappa shape index (κ3) is 6.84. The van der Waals surface area contributed by atoms with Gasteiger partial charge in [-0.1, -0.05) is 33.8 Å². The van der Waals surface area contributed by atoms with Crippen LogP contribution >= 0.6 is 11.3 Å². The van der Waals surface area contributed by atoms with Crippen LogP contribution in [0.1, 0.15) is 75.9 Å². The molecule has 2 amide bonds. The van der Waals surface area contributed by atoms with Crippen LogP contribution in [0.5, 0.6) is 0 Å². The van der Waals surface area contributed by atoms with Crippen molar-refractivity contribution in [2.45, 2.75) is 84.5 Å². The Kier molecular flexibility index (Phi) is 9.87. The first kappa shape index (κ1) is 36.8. The number of carbonyl (C=O) groups excluding carboxylic acids is 3. The second kappa shape index (κ2) is 14.5. The molecule has 6 bridgehead atoms. The Morgan fingerprint density at radius 2 is 1.96 bits per heavy atom. The molecule has 8 rings (SSSR count). The first-order valence-electron chi connectivity index (χ1n) is 19.2. The Balaban J connectivity index is 1.26. The quantitative estimate of drug-likeness (QED) is 0.239. The fraction of sp³-hybridized carbons (Fsp3) is 0.537. The Labute approximate surface area is 319 Å². The first-order chi connectivity index (χ1) is 25.9. The lowest BCUT2D eigenvalue weighted by atomic mass is 9.84. The molecule has 6 heterocycles. The summed E-state index contributed by atoms with van der Waals surface area (Å²) in [6, 6.07) is 9.18. The third-order valence-electron chi connectivity index (χ3n) is 11.9. The van der Waals surface area contributed by atoms with Gasteiger partial charge < -0.3 is 24.1 Å². The van der Waals surface area contributed by atoms with E-state index in [0.29, 0.717) is 39.0 Å². The van der Waals surface area contributed by atoms with Gasteiger partial charge in [-0.05, 0) is 67.9 Å². The molecule has 1 aromatic carbocycles. The zero-order valence-corrected chi connectivity index (χ0v) is 32.7. The number of carbonyl (C=O) groups is 3. The summed E-state index contributed by atoms with van der Waals surface area (Å²) in [6.07, 6.45) is 3.58. The van der Waals surface area contributed by atoms with Gasteiger partial charge >= 0.3 is 5.97 Å². The van der Waals surface area contributed by atoms with E-state index in [-0.39, 0.29) is 54.7 Å². The van der Waals surface area contributed by atoms with Gasteiger partial charge in [0.1, 0.15) is 12.1 Å². The van der Waals surface area contributed by atoms with Crippen LogP contribution in [0, 0.1) is 23.2 Å². The zero-order valence-electron chi connectivity index (χ0n) is 31.9. The predicted octanol–water partition coefficient (Wildman–Crippen LogP) is 5.66. The molecule has 0 radical (unpaired) electrons. The van der Waals surface area contributed by atoms with Gasteiger partial charge in [-0.15, -0.1) is 11.3 Å². The average Bonchev–Trinajstić information content (AvgIpc) is 3.41.